The van der Waals surface area contributed by atoms with Gasteiger partial charge in [-0.25, -0.2) is 4.39 Å². The molecule has 0 saturated carbocycles. The van der Waals surface area contributed by atoms with Crippen LogP contribution in [0, 0.1) is 5.82 Å². The van der Waals surface area contributed by atoms with Crippen LogP contribution in [0.15, 0.2) is 18.2 Å². The Hall–Kier alpha value is -1.17. The summed E-state index contributed by atoms with van der Waals surface area (Å²) in [6.45, 7) is 1.98. The Morgan fingerprint density at radius 3 is 2.53 bits per heavy atom. The first-order valence-corrected chi connectivity index (χ1v) is 5.50. The van der Waals surface area contributed by atoms with Gasteiger partial charge in [-0.2, -0.15) is 0 Å². The predicted molar refractivity (Wildman–Crippen MR) is 64.1 cm³/mol. The molecule has 0 aliphatic carbocycles. The van der Waals surface area contributed by atoms with Crippen LogP contribution in [0.1, 0.15) is 24.9 Å². The van der Waals surface area contributed by atoms with Crippen LogP contribution in [0.25, 0.3) is 0 Å². The molecule has 1 aromatic carbocycles. The Kier molecular flexibility index (Phi) is 5.34. The highest BCUT2D eigenvalue weighted by atomic mass is 19.1. The molecule has 5 heteroatoms. The number of hydrogen-bond acceptors (Lipinski definition) is 4. The third-order valence-corrected chi connectivity index (χ3v) is 2.79. The first kappa shape index (κ1) is 13.9. The Morgan fingerprint density at radius 1 is 1.41 bits per heavy atom. The summed E-state index contributed by atoms with van der Waals surface area (Å²) in [6.07, 6.45) is 0.673. The van der Waals surface area contributed by atoms with Crippen LogP contribution in [0.2, 0.25) is 0 Å². The minimum absolute atomic E-state index is 0.104. The molecule has 0 heterocycles. The largest absolute Gasteiger partial charge is 0.494 e. The molecule has 0 aliphatic rings. The lowest BCUT2D eigenvalue weighted by atomic mass is 10.00. The van der Waals surface area contributed by atoms with Crippen molar-refractivity contribution in [1.29, 1.82) is 0 Å². The number of halogens is 1. The molecule has 2 unspecified atom stereocenters. The maximum absolute atomic E-state index is 13.6. The third kappa shape index (κ3) is 3.15. The first-order valence-electron chi connectivity index (χ1n) is 5.50. The SMILES string of the molecule is CCC(OC)C(NN)c1ccc(OC)c(F)c1. The number of nitrogens with one attached hydrogen (secondary N) is 1. The van der Waals surface area contributed by atoms with Crippen LogP contribution < -0.4 is 16.0 Å². The van der Waals surface area contributed by atoms with Gasteiger partial charge >= 0.3 is 0 Å². The van der Waals surface area contributed by atoms with Crippen molar-refractivity contribution in [2.24, 2.45) is 5.84 Å². The summed E-state index contributed by atoms with van der Waals surface area (Å²) in [6, 6.07) is 4.52. The van der Waals surface area contributed by atoms with Crippen molar-refractivity contribution in [1.82, 2.24) is 5.43 Å². The topological polar surface area (TPSA) is 56.5 Å². The van der Waals surface area contributed by atoms with Gasteiger partial charge in [0.1, 0.15) is 0 Å². The van der Waals surface area contributed by atoms with Crippen molar-refractivity contribution in [2.45, 2.75) is 25.5 Å². The van der Waals surface area contributed by atoms with Gasteiger partial charge in [0.2, 0.25) is 0 Å². The number of nitrogens with two attached hydrogens (primary N) is 1. The Labute approximate surface area is 101 Å². The molecule has 0 saturated heterocycles. The number of benzene rings is 1. The predicted octanol–water partition coefficient (Wildman–Crippen LogP) is 1.76. The fourth-order valence-electron chi connectivity index (χ4n) is 1.83. The molecule has 0 aromatic heterocycles. The van der Waals surface area contributed by atoms with E-state index in [-0.39, 0.29) is 17.9 Å². The van der Waals surface area contributed by atoms with E-state index in [2.05, 4.69) is 5.43 Å². The summed E-state index contributed by atoms with van der Waals surface area (Å²) in [5.74, 6) is 5.31. The summed E-state index contributed by atoms with van der Waals surface area (Å²) in [7, 11) is 3.04. The number of hydrogen-bond donors (Lipinski definition) is 2. The van der Waals surface area contributed by atoms with Gasteiger partial charge < -0.3 is 9.47 Å². The van der Waals surface area contributed by atoms with Crippen molar-refractivity contribution >= 4 is 0 Å². The molecule has 0 bridgehead atoms. The monoisotopic (exact) mass is 242 g/mol. The van der Waals surface area contributed by atoms with E-state index in [9.17, 15) is 4.39 Å². The molecular formula is C12H19FN2O2. The van der Waals surface area contributed by atoms with Crippen molar-refractivity contribution in [3.05, 3.63) is 29.6 Å². The average molecular weight is 242 g/mol. The van der Waals surface area contributed by atoms with Crippen LogP contribution in [0.4, 0.5) is 4.39 Å². The molecule has 0 radical (unpaired) electrons. The number of rotatable bonds is 6. The van der Waals surface area contributed by atoms with Gasteiger partial charge in [-0.1, -0.05) is 13.0 Å². The molecule has 0 amide bonds. The maximum atomic E-state index is 13.6. The van der Waals surface area contributed by atoms with Gasteiger partial charge in [-0.15, -0.1) is 0 Å². The maximum Gasteiger partial charge on any atom is 0.165 e. The molecule has 0 fully saturated rings. The molecular weight excluding hydrogens is 223 g/mol. The van der Waals surface area contributed by atoms with Gasteiger partial charge in [0, 0.05) is 7.11 Å². The van der Waals surface area contributed by atoms with Crippen molar-refractivity contribution < 1.29 is 13.9 Å². The van der Waals surface area contributed by atoms with Crippen molar-refractivity contribution in [2.75, 3.05) is 14.2 Å². The molecule has 96 valence electrons. The third-order valence-electron chi connectivity index (χ3n) is 2.79. The van der Waals surface area contributed by atoms with E-state index in [1.807, 2.05) is 6.92 Å². The molecule has 3 N–H and O–H groups in total. The zero-order chi connectivity index (χ0) is 12.8. The highest BCUT2D eigenvalue weighted by Crippen LogP contribution is 2.25. The second kappa shape index (κ2) is 6.54. The molecule has 0 spiro atoms. The summed E-state index contributed by atoms with van der Waals surface area (Å²) in [5, 5.41) is 0. The van der Waals surface area contributed by atoms with Crippen LogP contribution in [-0.4, -0.2) is 20.3 Å². The van der Waals surface area contributed by atoms with Crippen molar-refractivity contribution in [3.8, 4) is 5.75 Å². The zero-order valence-corrected chi connectivity index (χ0v) is 10.4. The fourth-order valence-corrected chi connectivity index (χ4v) is 1.83. The normalized spacial score (nSPS) is 14.4. The summed E-state index contributed by atoms with van der Waals surface area (Å²) in [4.78, 5) is 0. The Bertz CT molecular complexity index is 356. The highest BCUT2D eigenvalue weighted by Gasteiger charge is 2.21. The van der Waals surface area contributed by atoms with Crippen LogP contribution in [0.3, 0.4) is 0 Å². The number of ether oxygens (including phenoxy) is 2. The smallest absolute Gasteiger partial charge is 0.165 e. The lowest BCUT2D eigenvalue weighted by Crippen LogP contribution is -2.37. The second-order valence-electron chi connectivity index (χ2n) is 3.72. The molecule has 4 nitrogen and oxygen atoms in total. The summed E-state index contributed by atoms with van der Waals surface area (Å²) < 4.78 is 23.8. The first-order chi connectivity index (χ1) is 8.17. The molecule has 1 rings (SSSR count). The molecule has 2 atom stereocenters. The zero-order valence-electron chi connectivity index (χ0n) is 10.4. The number of methoxy groups -OCH3 is 2. The van der Waals surface area contributed by atoms with Gasteiger partial charge in [0.25, 0.3) is 0 Å². The number of hydrazine groups is 1. The summed E-state index contributed by atoms with van der Waals surface area (Å²) in [5.41, 5.74) is 3.39. The lowest BCUT2D eigenvalue weighted by Gasteiger charge is -2.25. The standard InChI is InChI=1S/C12H19FN2O2/c1-4-10(16-2)12(15-14)8-5-6-11(17-3)9(13)7-8/h5-7,10,12,15H,4,14H2,1-3H3. The molecule has 1 aromatic rings. The van der Waals surface area contributed by atoms with Crippen LogP contribution in [0.5, 0.6) is 5.75 Å². The molecule has 17 heavy (non-hydrogen) atoms. The van der Waals surface area contributed by atoms with Gasteiger partial charge in [0.05, 0.1) is 19.3 Å². The van der Waals surface area contributed by atoms with Crippen LogP contribution in [-0.2, 0) is 4.74 Å². The van der Waals surface area contributed by atoms with Crippen molar-refractivity contribution in [3.63, 3.8) is 0 Å². The highest BCUT2D eigenvalue weighted by molar-refractivity contribution is 5.31. The molecule has 0 aliphatic heterocycles. The lowest BCUT2D eigenvalue weighted by molar-refractivity contribution is 0.0650. The second-order valence-corrected chi connectivity index (χ2v) is 3.72. The van der Waals surface area contributed by atoms with E-state index >= 15 is 0 Å². The van der Waals surface area contributed by atoms with Gasteiger partial charge in [-0.3, -0.25) is 11.3 Å². The fraction of sp³-hybridized carbons (Fsp3) is 0.500. The quantitative estimate of drug-likeness (QED) is 0.589. The summed E-state index contributed by atoms with van der Waals surface area (Å²) >= 11 is 0. The Morgan fingerprint density at radius 2 is 2.12 bits per heavy atom. The van der Waals surface area contributed by atoms with Gasteiger partial charge in [0.15, 0.2) is 11.6 Å². The van der Waals surface area contributed by atoms with E-state index < -0.39 is 5.82 Å². The van der Waals surface area contributed by atoms with E-state index in [0.29, 0.717) is 0 Å². The van der Waals surface area contributed by atoms with Crippen LogP contribution >= 0.6 is 0 Å². The minimum Gasteiger partial charge on any atom is -0.494 e. The Balaban J connectivity index is 3.00. The van der Waals surface area contributed by atoms with E-state index in [4.69, 9.17) is 15.3 Å². The van der Waals surface area contributed by atoms with E-state index in [0.717, 1.165) is 12.0 Å². The average Bonchev–Trinajstić information content (AvgIpc) is 2.35. The minimum atomic E-state index is -0.406. The van der Waals surface area contributed by atoms with E-state index in [1.165, 1.54) is 13.2 Å². The van der Waals surface area contributed by atoms with Gasteiger partial charge in [-0.05, 0) is 24.1 Å². The van der Waals surface area contributed by atoms with E-state index in [1.54, 1.807) is 19.2 Å².